The Morgan fingerprint density at radius 2 is 0.702 bits per heavy atom. The molecular weight excluding hydrogens is 685 g/mol. The summed E-state index contributed by atoms with van der Waals surface area (Å²) in [5, 5.41) is 15.6. The normalized spacial score (nSPS) is 13.2. The van der Waals surface area contributed by atoms with Crippen LogP contribution < -0.4 is 0 Å². The maximum absolute atomic E-state index is 2.44. The smallest absolute Gasteiger partial charge is 0.0171 e. The Balaban J connectivity index is 1.03. The van der Waals surface area contributed by atoms with Crippen molar-refractivity contribution < 1.29 is 0 Å². The molecule has 12 rings (SSSR count). The molecule has 0 unspecified atom stereocenters. The van der Waals surface area contributed by atoms with Crippen LogP contribution in [-0.2, 0) is 5.41 Å². The fraction of sp³-hybridized carbons (Fsp3) is 0.0526. The third-order valence-corrected chi connectivity index (χ3v) is 12.9. The van der Waals surface area contributed by atoms with Crippen molar-refractivity contribution in [3.05, 3.63) is 205 Å². The van der Waals surface area contributed by atoms with E-state index in [0.29, 0.717) is 0 Å². The lowest BCUT2D eigenvalue weighted by atomic mass is 9.77. The summed E-state index contributed by atoms with van der Waals surface area (Å²) in [6.45, 7) is 4.86. The molecule has 266 valence electrons. The van der Waals surface area contributed by atoms with Crippen LogP contribution in [0, 0.1) is 0 Å². The molecule has 0 nitrogen and oxygen atoms in total. The van der Waals surface area contributed by atoms with Gasteiger partial charge in [0.15, 0.2) is 0 Å². The molecule has 0 radical (unpaired) electrons. The highest BCUT2D eigenvalue weighted by Gasteiger charge is 2.39. The third kappa shape index (κ3) is 4.62. The summed E-state index contributed by atoms with van der Waals surface area (Å²) in [5.74, 6) is 0. The first-order chi connectivity index (χ1) is 28.0. The van der Waals surface area contributed by atoms with Gasteiger partial charge in [-0.15, -0.1) is 0 Å². The molecule has 0 aliphatic heterocycles. The standard InChI is InChI=1S/C57H38/c1-57(2)55-42-31-30-41(34-40(42)29-32-51(55)54-45-17-7-5-15-43(45)44-16-6-12-22-50(44)56(54)57)53-48-20-10-8-18-46(48)52(47-19-9-11-21-49(47)53)37-26-23-36(24-27-37)39-28-25-35-13-3-4-14-38(35)33-39/h3-34H,1-2H3. The monoisotopic (exact) mass is 722 g/mol. The van der Waals surface area contributed by atoms with Gasteiger partial charge in [-0.25, -0.2) is 0 Å². The third-order valence-electron chi connectivity index (χ3n) is 12.9. The van der Waals surface area contributed by atoms with Gasteiger partial charge >= 0.3 is 0 Å². The van der Waals surface area contributed by atoms with Crippen molar-refractivity contribution in [2.24, 2.45) is 0 Å². The van der Waals surface area contributed by atoms with Crippen molar-refractivity contribution in [1.82, 2.24) is 0 Å². The Morgan fingerprint density at radius 3 is 1.35 bits per heavy atom. The van der Waals surface area contributed by atoms with Crippen molar-refractivity contribution in [2.45, 2.75) is 19.3 Å². The van der Waals surface area contributed by atoms with E-state index in [2.05, 4.69) is 208 Å². The number of hydrogen-bond donors (Lipinski definition) is 0. The van der Waals surface area contributed by atoms with Crippen LogP contribution in [-0.4, -0.2) is 0 Å². The van der Waals surface area contributed by atoms with Crippen LogP contribution in [0.3, 0.4) is 0 Å². The molecule has 0 saturated heterocycles. The minimum absolute atomic E-state index is 0.166. The second-order valence-electron chi connectivity index (χ2n) is 16.4. The molecule has 0 aromatic heterocycles. The summed E-state index contributed by atoms with van der Waals surface area (Å²) < 4.78 is 0. The molecule has 0 amide bonds. The summed E-state index contributed by atoms with van der Waals surface area (Å²) in [7, 11) is 0. The maximum Gasteiger partial charge on any atom is 0.0171 e. The first-order valence-electron chi connectivity index (χ1n) is 20.1. The highest BCUT2D eigenvalue weighted by molar-refractivity contribution is 6.23. The van der Waals surface area contributed by atoms with Crippen LogP contribution >= 0.6 is 0 Å². The van der Waals surface area contributed by atoms with Gasteiger partial charge in [-0.2, -0.15) is 0 Å². The van der Waals surface area contributed by atoms with Gasteiger partial charge in [0.05, 0.1) is 0 Å². The van der Waals surface area contributed by atoms with Crippen LogP contribution in [0.5, 0.6) is 0 Å². The molecule has 11 aromatic carbocycles. The Labute approximate surface area is 332 Å². The summed E-state index contributed by atoms with van der Waals surface area (Å²) in [6.07, 6.45) is 0. The van der Waals surface area contributed by atoms with E-state index in [1.54, 1.807) is 0 Å². The maximum atomic E-state index is 2.44. The van der Waals surface area contributed by atoms with E-state index in [1.165, 1.54) is 120 Å². The average molecular weight is 723 g/mol. The van der Waals surface area contributed by atoms with Gasteiger partial charge in [0.1, 0.15) is 0 Å². The molecule has 0 heteroatoms. The highest BCUT2D eigenvalue weighted by atomic mass is 14.4. The zero-order valence-corrected chi connectivity index (χ0v) is 32.0. The van der Waals surface area contributed by atoms with Gasteiger partial charge in [0.25, 0.3) is 0 Å². The second-order valence-corrected chi connectivity index (χ2v) is 16.4. The molecule has 0 fully saturated rings. The summed E-state index contributed by atoms with van der Waals surface area (Å²) in [5.41, 5.74) is 13.0. The predicted octanol–water partition coefficient (Wildman–Crippen LogP) is 15.9. The number of benzene rings is 11. The molecule has 0 bridgehead atoms. The molecular formula is C57H38. The molecule has 0 saturated carbocycles. The Morgan fingerprint density at radius 1 is 0.263 bits per heavy atom. The fourth-order valence-corrected chi connectivity index (χ4v) is 10.5. The van der Waals surface area contributed by atoms with Gasteiger partial charge in [0.2, 0.25) is 0 Å². The lowest BCUT2D eigenvalue weighted by Crippen LogP contribution is -2.16. The minimum atomic E-state index is -0.166. The van der Waals surface area contributed by atoms with E-state index in [4.69, 9.17) is 0 Å². The zero-order chi connectivity index (χ0) is 37.8. The minimum Gasteiger partial charge on any atom is -0.0616 e. The quantitative estimate of drug-likeness (QED) is 0.126. The van der Waals surface area contributed by atoms with E-state index in [-0.39, 0.29) is 5.41 Å². The Kier molecular flexibility index (Phi) is 6.78. The van der Waals surface area contributed by atoms with Crippen LogP contribution in [0.2, 0.25) is 0 Å². The van der Waals surface area contributed by atoms with Gasteiger partial charge in [-0.1, -0.05) is 196 Å². The van der Waals surface area contributed by atoms with Gasteiger partial charge in [-0.3, -0.25) is 0 Å². The average Bonchev–Trinajstić information content (AvgIpc) is 3.52. The van der Waals surface area contributed by atoms with E-state index in [9.17, 15) is 0 Å². The highest BCUT2D eigenvalue weighted by Crippen LogP contribution is 2.56. The molecule has 1 aliphatic carbocycles. The van der Waals surface area contributed by atoms with Crippen molar-refractivity contribution in [3.8, 4) is 44.5 Å². The van der Waals surface area contributed by atoms with Crippen LogP contribution in [0.1, 0.15) is 25.0 Å². The topological polar surface area (TPSA) is 0 Å². The van der Waals surface area contributed by atoms with Gasteiger partial charge in [-0.05, 0) is 132 Å². The summed E-state index contributed by atoms with van der Waals surface area (Å²) >= 11 is 0. The van der Waals surface area contributed by atoms with Crippen molar-refractivity contribution >= 4 is 64.6 Å². The fourth-order valence-electron chi connectivity index (χ4n) is 10.5. The lowest BCUT2D eigenvalue weighted by molar-refractivity contribution is 0.672. The van der Waals surface area contributed by atoms with Gasteiger partial charge < -0.3 is 0 Å². The van der Waals surface area contributed by atoms with E-state index in [0.717, 1.165) is 0 Å². The molecule has 11 aromatic rings. The molecule has 0 atom stereocenters. The first kappa shape index (κ1) is 32.2. The number of rotatable bonds is 3. The summed E-state index contributed by atoms with van der Waals surface area (Å²) in [6, 6.07) is 72.5. The van der Waals surface area contributed by atoms with Crippen LogP contribution in [0.25, 0.3) is 109 Å². The second kappa shape index (κ2) is 12.0. The lowest BCUT2D eigenvalue weighted by Gasteiger charge is -2.25. The van der Waals surface area contributed by atoms with Crippen molar-refractivity contribution in [2.75, 3.05) is 0 Å². The largest absolute Gasteiger partial charge is 0.0616 e. The molecule has 0 spiro atoms. The van der Waals surface area contributed by atoms with Crippen LogP contribution in [0.4, 0.5) is 0 Å². The molecule has 57 heavy (non-hydrogen) atoms. The predicted molar refractivity (Wildman–Crippen MR) is 245 cm³/mol. The zero-order valence-electron chi connectivity index (χ0n) is 32.0. The molecule has 0 heterocycles. The SMILES string of the molecule is CC1(C)c2c(ccc3cc(-c4c5ccccc5c(-c5ccc(-c6ccc7ccccc7c6)cc5)c5ccccc45)ccc23)-c2c1c1ccccc1c1ccccc21. The Bertz CT molecular complexity index is 3410. The van der Waals surface area contributed by atoms with Crippen LogP contribution in [0.15, 0.2) is 194 Å². The van der Waals surface area contributed by atoms with Gasteiger partial charge in [0, 0.05) is 5.41 Å². The van der Waals surface area contributed by atoms with E-state index < -0.39 is 0 Å². The van der Waals surface area contributed by atoms with Crippen molar-refractivity contribution in [3.63, 3.8) is 0 Å². The number of fused-ring (bicyclic) bond motifs is 13. The van der Waals surface area contributed by atoms with E-state index >= 15 is 0 Å². The first-order valence-corrected chi connectivity index (χ1v) is 20.1. The summed E-state index contributed by atoms with van der Waals surface area (Å²) in [4.78, 5) is 0. The van der Waals surface area contributed by atoms with E-state index in [1.807, 2.05) is 0 Å². The number of hydrogen-bond acceptors (Lipinski definition) is 0. The molecule has 1 aliphatic rings. The van der Waals surface area contributed by atoms with Crippen molar-refractivity contribution in [1.29, 1.82) is 0 Å². The molecule has 0 N–H and O–H groups in total. The Hall–Kier alpha value is -7.02.